The fourth-order valence-corrected chi connectivity index (χ4v) is 1.71. The van der Waals surface area contributed by atoms with Crippen molar-refractivity contribution < 1.29 is 0 Å². The molecule has 0 bridgehead atoms. The molecule has 16 heavy (non-hydrogen) atoms. The third kappa shape index (κ3) is 1.35. The van der Waals surface area contributed by atoms with Crippen molar-refractivity contribution in [3.05, 3.63) is 48.4 Å². The van der Waals surface area contributed by atoms with Crippen LogP contribution < -0.4 is 0 Å². The highest BCUT2D eigenvalue weighted by Gasteiger charge is 2.05. The number of rotatable bonds is 1. The maximum atomic E-state index is 4.48. The Balaban J connectivity index is 2.29. The number of pyridine rings is 1. The largest absolute Gasteiger partial charge is 0.251 e. The third-order valence-corrected chi connectivity index (χ3v) is 2.44. The van der Waals surface area contributed by atoms with Gasteiger partial charge < -0.3 is 0 Å². The van der Waals surface area contributed by atoms with E-state index in [1.165, 1.54) is 0 Å². The number of aryl methyl sites for hydroxylation is 1. The van der Waals surface area contributed by atoms with Crippen molar-refractivity contribution in [3.63, 3.8) is 0 Å². The second-order valence-electron chi connectivity index (χ2n) is 3.60. The van der Waals surface area contributed by atoms with Gasteiger partial charge in [-0.1, -0.05) is 6.07 Å². The average Bonchev–Trinajstić information content (AvgIpc) is 2.76. The first-order valence-corrected chi connectivity index (χ1v) is 5.07. The van der Waals surface area contributed by atoms with E-state index >= 15 is 0 Å². The van der Waals surface area contributed by atoms with Crippen LogP contribution in [0.3, 0.4) is 0 Å². The molecule has 0 atom stereocenters. The molecule has 78 valence electrons. The molecule has 4 heteroatoms. The fourth-order valence-electron chi connectivity index (χ4n) is 1.71. The summed E-state index contributed by atoms with van der Waals surface area (Å²) in [6.45, 7) is 1.98. The zero-order valence-electron chi connectivity index (χ0n) is 8.83. The van der Waals surface area contributed by atoms with Crippen LogP contribution in [-0.4, -0.2) is 19.6 Å². The van der Waals surface area contributed by atoms with Crippen LogP contribution in [0.1, 0.15) is 5.69 Å². The van der Waals surface area contributed by atoms with E-state index < -0.39 is 0 Å². The minimum absolute atomic E-state index is 0.834. The van der Waals surface area contributed by atoms with Crippen LogP contribution in [0, 0.1) is 6.92 Å². The molecule has 4 nitrogen and oxygen atoms in total. The summed E-state index contributed by atoms with van der Waals surface area (Å²) in [4.78, 5) is 8.71. The summed E-state index contributed by atoms with van der Waals surface area (Å²) in [6.07, 6.45) is 3.51. The normalized spacial score (nSPS) is 10.8. The van der Waals surface area contributed by atoms with Gasteiger partial charge in [-0.3, -0.25) is 4.98 Å². The van der Waals surface area contributed by atoms with Gasteiger partial charge in [0.05, 0.1) is 17.6 Å². The van der Waals surface area contributed by atoms with Crippen LogP contribution in [0.2, 0.25) is 0 Å². The van der Waals surface area contributed by atoms with Crippen molar-refractivity contribution in [2.75, 3.05) is 0 Å². The Morgan fingerprint density at radius 2 is 2.00 bits per heavy atom. The molecule has 0 unspecified atom stereocenters. The van der Waals surface area contributed by atoms with Gasteiger partial charge in [0, 0.05) is 18.0 Å². The van der Waals surface area contributed by atoms with E-state index in [9.17, 15) is 0 Å². The summed E-state index contributed by atoms with van der Waals surface area (Å²) in [5.74, 6) is 0. The molecule has 0 spiro atoms. The molecule has 3 aromatic rings. The lowest BCUT2D eigenvalue weighted by Crippen LogP contribution is -1.97. The first kappa shape index (κ1) is 9.03. The highest BCUT2D eigenvalue weighted by molar-refractivity contribution is 5.58. The van der Waals surface area contributed by atoms with Gasteiger partial charge in [0.1, 0.15) is 0 Å². The van der Waals surface area contributed by atoms with E-state index in [0.717, 1.165) is 22.7 Å². The van der Waals surface area contributed by atoms with Crippen LogP contribution in [-0.2, 0) is 0 Å². The molecule has 0 aliphatic rings. The number of nitrogens with zero attached hydrogens (tertiary/aromatic N) is 4. The van der Waals surface area contributed by atoms with E-state index in [-0.39, 0.29) is 0 Å². The minimum Gasteiger partial charge on any atom is -0.251 e. The van der Waals surface area contributed by atoms with E-state index in [1.54, 1.807) is 16.9 Å². The van der Waals surface area contributed by atoms with Crippen molar-refractivity contribution in [3.8, 4) is 11.4 Å². The lowest BCUT2D eigenvalue weighted by Gasteiger charge is -2.03. The van der Waals surface area contributed by atoms with Crippen LogP contribution in [0.25, 0.3) is 17.0 Å². The second kappa shape index (κ2) is 3.41. The Morgan fingerprint density at radius 1 is 1.06 bits per heavy atom. The van der Waals surface area contributed by atoms with Crippen molar-refractivity contribution in [1.82, 2.24) is 19.6 Å². The Bertz CT molecular complexity index is 642. The van der Waals surface area contributed by atoms with Crippen LogP contribution in [0.4, 0.5) is 0 Å². The van der Waals surface area contributed by atoms with Crippen LogP contribution in [0.15, 0.2) is 42.7 Å². The van der Waals surface area contributed by atoms with E-state index in [4.69, 9.17) is 0 Å². The highest BCUT2D eigenvalue weighted by Crippen LogP contribution is 2.16. The SMILES string of the molecule is Cc1cccc(-c2ccnc3ccnn23)n1. The fraction of sp³-hybridized carbons (Fsp3) is 0.0833. The molecule has 0 fully saturated rings. The van der Waals surface area contributed by atoms with Gasteiger partial charge in [-0.25, -0.2) is 9.50 Å². The van der Waals surface area contributed by atoms with Crippen molar-refractivity contribution in [2.45, 2.75) is 6.92 Å². The number of hydrogen-bond donors (Lipinski definition) is 0. The van der Waals surface area contributed by atoms with E-state index in [1.807, 2.05) is 37.3 Å². The Hall–Kier alpha value is -2.23. The molecule has 0 saturated carbocycles. The summed E-state index contributed by atoms with van der Waals surface area (Å²) in [5.41, 5.74) is 3.70. The van der Waals surface area contributed by atoms with Crippen LogP contribution >= 0.6 is 0 Å². The van der Waals surface area contributed by atoms with Gasteiger partial charge in [0.15, 0.2) is 5.65 Å². The summed E-state index contributed by atoms with van der Waals surface area (Å²) < 4.78 is 1.79. The summed E-state index contributed by atoms with van der Waals surface area (Å²) >= 11 is 0. The van der Waals surface area contributed by atoms with E-state index in [0.29, 0.717) is 0 Å². The average molecular weight is 210 g/mol. The standard InChI is InChI=1S/C12H10N4/c1-9-3-2-4-10(15-9)11-5-7-13-12-6-8-14-16(11)12/h2-8H,1H3. The van der Waals surface area contributed by atoms with Gasteiger partial charge >= 0.3 is 0 Å². The first-order chi connectivity index (χ1) is 7.84. The molecule has 0 amide bonds. The zero-order valence-corrected chi connectivity index (χ0v) is 8.83. The van der Waals surface area contributed by atoms with Gasteiger partial charge in [0.2, 0.25) is 0 Å². The first-order valence-electron chi connectivity index (χ1n) is 5.07. The molecule has 0 N–H and O–H groups in total. The number of fused-ring (bicyclic) bond motifs is 1. The summed E-state index contributed by atoms with van der Waals surface area (Å²) in [5, 5.41) is 4.24. The van der Waals surface area contributed by atoms with Crippen LogP contribution in [0.5, 0.6) is 0 Å². The Morgan fingerprint density at radius 3 is 2.88 bits per heavy atom. The third-order valence-electron chi connectivity index (χ3n) is 2.44. The molecule has 0 aliphatic carbocycles. The van der Waals surface area contributed by atoms with E-state index in [2.05, 4.69) is 15.1 Å². The molecule has 0 saturated heterocycles. The Labute approximate surface area is 92.6 Å². The lowest BCUT2D eigenvalue weighted by atomic mass is 10.2. The monoisotopic (exact) mass is 210 g/mol. The molecule has 0 radical (unpaired) electrons. The predicted molar refractivity (Wildman–Crippen MR) is 61.0 cm³/mol. The molecule has 3 aromatic heterocycles. The quantitative estimate of drug-likeness (QED) is 0.617. The van der Waals surface area contributed by atoms with Crippen molar-refractivity contribution in [2.24, 2.45) is 0 Å². The smallest absolute Gasteiger partial charge is 0.155 e. The zero-order chi connectivity index (χ0) is 11.0. The van der Waals surface area contributed by atoms with Crippen molar-refractivity contribution in [1.29, 1.82) is 0 Å². The maximum Gasteiger partial charge on any atom is 0.155 e. The molecule has 3 heterocycles. The topological polar surface area (TPSA) is 43.1 Å². The molecular weight excluding hydrogens is 200 g/mol. The Kier molecular flexibility index (Phi) is 1.93. The van der Waals surface area contributed by atoms with Gasteiger partial charge in [-0.05, 0) is 25.1 Å². The summed E-state index contributed by atoms with van der Waals surface area (Å²) in [6, 6.07) is 9.74. The molecular formula is C12H10N4. The predicted octanol–water partition coefficient (Wildman–Crippen LogP) is 2.10. The van der Waals surface area contributed by atoms with Gasteiger partial charge in [-0.2, -0.15) is 5.10 Å². The summed E-state index contributed by atoms with van der Waals surface area (Å²) in [7, 11) is 0. The maximum absolute atomic E-state index is 4.48. The van der Waals surface area contributed by atoms with Gasteiger partial charge in [-0.15, -0.1) is 0 Å². The van der Waals surface area contributed by atoms with Gasteiger partial charge in [0.25, 0.3) is 0 Å². The molecule has 0 aromatic carbocycles. The molecule has 0 aliphatic heterocycles. The highest BCUT2D eigenvalue weighted by atomic mass is 15.2. The minimum atomic E-state index is 0.834. The van der Waals surface area contributed by atoms with Crippen molar-refractivity contribution >= 4 is 5.65 Å². The lowest BCUT2D eigenvalue weighted by molar-refractivity contribution is 0.940. The number of hydrogen-bond acceptors (Lipinski definition) is 3. The number of aromatic nitrogens is 4. The molecule has 3 rings (SSSR count). The second-order valence-corrected chi connectivity index (χ2v) is 3.60.